The van der Waals surface area contributed by atoms with E-state index < -0.39 is 11.7 Å². The molecule has 3 aromatic rings. The van der Waals surface area contributed by atoms with Crippen LogP contribution in [0.15, 0.2) is 36.5 Å². The number of rotatable bonds is 9. The first-order chi connectivity index (χ1) is 16.5. The van der Waals surface area contributed by atoms with Gasteiger partial charge in [0.15, 0.2) is 11.6 Å². The lowest BCUT2D eigenvalue weighted by Gasteiger charge is -2.30. The Bertz CT molecular complexity index is 1170. The molecule has 2 aromatic heterocycles. The van der Waals surface area contributed by atoms with Gasteiger partial charge in [0.05, 0.1) is 23.4 Å². The number of primary amides is 1. The highest BCUT2D eigenvalue weighted by Gasteiger charge is 2.24. The minimum absolute atomic E-state index is 0.0377. The Morgan fingerprint density at radius 1 is 1.24 bits per heavy atom. The number of carbonyl (C=O) groups is 1. The summed E-state index contributed by atoms with van der Waals surface area (Å²) >= 11 is 0. The molecule has 2 heterocycles. The molecule has 180 valence electrons. The molecule has 1 saturated carbocycles. The second kappa shape index (κ2) is 10.6. The fraction of sp³-hybridized carbons (Fsp3) is 0.375. The van der Waals surface area contributed by atoms with Crippen LogP contribution >= 0.6 is 0 Å². The van der Waals surface area contributed by atoms with Gasteiger partial charge in [0.25, 0.3) is 5.91 Å². The van der Waals surface area contributed by atoms with Crippen LogP contribution in [-0.4, -0.2) is 48.2 Å². The van der Waals surface area contributed by atoms with Crippen LogP contribution in [0.4, 0.5) is 27.4 Å². The maximum Gasteiger partial charge on any atom is 0.252 e. The summed E-state index contributed by atoms with van der Waals surface area (Å²) in [5.41, 5.74) is 13.9. The molecule has 1 fully saturated rings. The number of amides is 1. The Kier molecular flexibility index (Phi) is 7.39. The van der Waals surface area contributed by atoms with E-state index in [-0.39, 0.29) is 29.3 Å². The number of hydrogen-bond acceptors (Lipinski definition) is 8. The zero-order valence-corrected chi connectivity index (χ0v) is 19.1. The van der Waals surface area contributed by atoms with Crippen LogP contribution in [0.5, 0.6) is 0 Å². The number of carbonyl (C=O) groups excluding carboxylic acids is 1. The van der Waals surface area contributed by atoms with E-state index in [4.69, 9.17) is 16.2 Å². The molecule has 0 aliphatic heterocycles. The van der Waals surface area contributed by atoms with Crippen molar-refractivity contribution in [3.63, 3.8) is 0 Å². The number of halogens is 1. The van der Waals surface area contributed by atoms with E-state index in [9.17, 15) is 9.18 Å². The topological polar surface area (TPSA) is 140 Å². The van der Waals surface area contributed by atoms with Crippen molar-refractivity contribution in [1.29, 1.82) is 0 Å². The van der Waals surface area contributed by atoms with E-state index in [1.165, 1.54) is 0 Å². The minimum Gasteiger partial charge on any atom is -0.383 e. The van der Waals surface area contributed by atoms with Crippen LogP contribution in [0.2, 0.25) is 0 Å². The van der Waals surface area contributed by atoms with Gasteiger partial charge >= 0.3 is 0 Å². The van der Waals surface area contributed by atoms with E-state index in [1.807, 2.05) is 24.3 Å². The number of hydrogen-bond donors (Lipinski definition) is 5. The van der Waals surface area contributed by atoms with Crippen LogP contribution in [0.3, 0.4) is 0 Å². The molecule has 1 amide bonds. The number of nitrogens with zero attached hydrogens (tertiary/aromatic N) is 2. The van der Waals surface area contributed by atoms with Gasteiger partial charge in [0.2, 0.25) is 0 Å². The van der Waals surface area contributed by atoms with Crippen molar-refractivity contribution in [3.8, 4) is 0 Å². The van der Waals surface area contributed by atoms with Gasteiger partial charge in [-0.3, -0.25) is 9.78 Å². The third kappa shape index (κ3) is 5.35. The van der Waals surface area contributed by atoms with Gasteiger partial charge in [-0.05, 0) is 37.1 Å². The molecule has 2 atom stereocenters. The number of pyridine rings is 2. The highest BCUT2D eigenvalue weighted by molar-refractivity contribution is 6.00. The summed E-state index contributed by atoms with van der Waals surface area (Å²) in [7, 11) is 1.63. The molecule has 1 aromatic carbocycles. The summed E-state index contributed by atoms with van der Waals surface area (Å²) < 4.78 is 20.0. The number of benzene rings is 1. The highest BCUT2D eigenvalue weighted by atomic mass is 19.1. The first-order valence-electron chi connectivity index (χ1n) is 11.4. The van der Waals surface area contributed by atoms with Crippen molar-refractivity contribution < 1.29 is 13.9 Å². The quantitative estimate of drug-likeness (QED) is 0.302. The Labute approximate surface area is 197 Å². The first-order valence-corrected chi connectivity index (χ1v) is 11.4. The van der Waals surface area contributed by atoms with E-state index in [1.54, 1.807) is 13.3 Å². The average Bonchev–Trinajstić information content (AvgIpc) is 2.82. The third-order valence-corrected chi connectivity index (χ3v) is 5.97. The van der Waals surface area contributed by atoms with E-state index in [2.05, 4.69) is 25.9 Å². The van der Waals surface area contributed by atoms with E-state index >= 15 is 0 Å². The molecule has 10 heteroatoms. The van der Waals surface area contributed by atoms with Crippen molar-refractivity contribution in [2.75, 3.05) is 36.2 Å². The standard InChI is InChI=1S/C24H30FN7O2/c1-34-10-9-28-20-12-15(11-14-5-4-8-29-21(14)20)30-23-16(22(27)33)13-17(25)24(32-23)31-19-7-3-2-6-18(19)26/h4-5,8,11-13,18-19,28H,2-3,6-7,9-10,26H2,1H3,(H2,27,33)(H2,30,31,32)/t18-,19+/m0/s1. The van der Waals surface area contributed by atoms with Crippen LogP contribution in [0.25, 0.3) is 10.9 Å². The number of aromatic nitrogens is 2. The number of ether oxygens (including phenoxy) is 1. The molecule has 0 radical (unpaired) electrons. The molecule has 1 aliphatic carbocycles. The maximum absolute atomic E-state index is 14.8. The second-order valence-electron chi connectivity index (χ2n) is 8.42. The summed E-state index contributed by atoms with van der Waals surface area (Å²) in [4.78, 5) is 20.9. The van der Waals surface area contributed by atoms with Gasteiger partial charge < -0.3 is 32.2 Å². The van der Waals surface area contributed by atoms with Crippen LogP contribution in [0, 0.1) is 5.82 Å². The monoisotopic (exact) mass is 467 g/mol. The fourth-order valence-electron chi connectivity index (χ4n) is 4.21. The normalized spacial score (nSPS) is 18.0. The lowest BCUT2D eigenvalue weighted by Crippen LogP contribution is -2.43. The third-order valence-electron chi connectivity index (χ3n) is 5.97. The smallest absolute Gasteiger partial charge is 0.252 e. The molecular formula is C24H30FN7O2. The van der Waals surface area contributed by atoms with Crippen molar-refractivity contribution in [3.05, 3.63) is 47.9 Å². The molecule has 7 N–H and O–H groups in total. The second-order valence-corrected chi connectivity index (χ2v) is 8.42. The summed E-state index contributed by atoms with van der Waals surface area (Å²) in [5, 5.41) is 10.5. The van der Waals surface area contributed by atoms with Gasteiger partial charge in [0, 0.05) is 43.0 Å². The Morgan fingerprint density at radius 2 is 2.06 bits per heavy atom. The predicted octanol–water partition coefficient (Wildman–Crippen LogP) is 3.35. The number of fused-ring (bicyclic) bond motifs is 1. The minimum atomic E-state index is -0.782. The van der Waals surface area contributed by atoms with Crippen molar-refractivity contribution in [2.45, 2.75) is 37.8 Å². The average molecular weight is 468 g/mol. The van der Waals surface area contributed by atoms with Crippen LogP contribution in [-0.2, 0) is 4.74 Å². The summed E-state index contributed by atoms with van der Waals surface area (Å²) in [5.74, 6) is -1.24. The lowest BCUT2D eigenvalue weighted by atomic mass is 9.91. The lowest BCUT2D eigenvalue weighted by molar-refractivity contribution is 0.100. The Hall–Kier alpha value is -3.50. The molecule has 9 nitrogen and oxygen atoms in total. The van der Waals surface area contributed by atoms with Crippen molar-refractivity contribution in [1.82, 2.24) is 9.97 Å². The predicted molar refractivity (Wildman–Crippen MR) is 132 cm³/mol. The van der Waals surface area contributed by atoms with E-state index in [0.717, 1.165) is 48.3 Å². The van der Waals surface area contributed by atoms with E-state index in [0.29, 0.717) is 18.8 Å². The first kappa shape index (κ1) is 23.7. The zero-order valence-electron chi connectivity index (χ0n) is 19.1. The number of anilines is 4. The van der Waals surface area contributed by atoms with Gasteiger partial charge in [-0.25, -0.2) is 9.37 Å². The fourth-order valence-corrected chi connectivity index (χ4v) is 4.21. The largest absolute Gasteiger partial charge is 0.383 e. The van der Waals surface area contributed by atoms with Gasteiger partial charge in [0.1, 0.15) is 5.82 Å². The molecular weight excluding hydrogens is 437 g/mol. The van der Waals surface area contributed by atoms with Crippen LogP contribution < -0.4 is 27.4 Å². The Morgan fingerprint density at radius 3 is 2.82 bits per heavy atom. The van der Waals surface area contributed by atoms with Gasteiger partial charge in [-0.15, -0.1) is 0 Å². The Balaban J connectivity index is 1.68. The molecule has 1 aliphatic rings. The molecule has 0 saturated heterocycles. The van der Waals surface area contributed by atoms with Crippen LogP contribution in [0.1, 0.15) is 36.0 Å². The molecule has 4 rings (SSSR count). The summed E-state index contributed by atoms with van der Waals surface area (Å²) in [6, 6.07) is 8.43. The van der Waals surface area contributed by atoms with Crippen molar-refractivity contribution in [2.24, 2.45) is 11.5 Å². The van der Waals surface area contributed by atoms with Gasteiger partial charge in [-0.2, -0.15) is 0 Å². The summed E-state index contributed by atoms with van der Waals surface area (Å²) in [6.45, 7) is 1.11. The summed E-state index contributed by atoms with van der Waals surface area (Å²) in [6.07, 6.45) is 5.49. The molecule has 34 heavy (non-hydrogen) atoms. The molecule has 0 bridgehead atoms. The highest BCUT2D eigenvalue weighted by Crippen LogP contribution is 2.31. The molecule has 0 unspecified atom stereocenters. The zero-order chi connectivity index (χ0) is 24.1. The van der Waals surface area contributed by atoms with Crippen molar-refractivity contribution >= 4 is 39.8 Å². The van der Waals surface area contributed by atoms with Gasteiger partial charge in [-0.1, -0.05) is 18.9 Å². The maximum atomic E-state index is 14.8. The number of nitrogens with one attached hydrogen (secondary N) is 3. The molecule has 0 spiro atoms. The number of methoxy groups -OCH3 is 1. The number of nitrogens with two attached hydrogens (primary N) is 2. The SMILES string of the molecule is COCCNc1cc(Nc2nc(N[C@@H]3CCCC[C@@H]3N)c(F)cc2C(N)=O)cc2cccnc12.